The minimum atomic E-state index is -2.91. The van der Waals surface area contributed by atoms with Gasteiger partial charge in [0, 0.05) is 37.5 Å². The number of alkyl halides is 2. The first-order valence-electron chi connectivity index (χ1n) is 8.70. The molecule has 0 unspecified atom stereocenters. The number of benzene rings is 1. The van der Waals surface area contributed by atoms with Crippen LogP contribution in [0.1, 0.15) is 18.1 Å². The summed E-state index contributed by atoms with van der Waals surface area (Å²) >= 11 is 0. The van der Waals surface area contributed by atoms with Gasteiger partial charge in [0.15, 0.2) is 5.96 Å². The molecule has 0 aliphatic rings. The van der Waals surface area contributed by atoms with E-state index < -0.39 is 6.61 Å². The highest BCUT2D eigenvalue weighted by Gasteiger charge is 2.12. The Kier molecular flexibility index (Phi) is 11.0. The van der Waals surface area contributed by atoms with Gasteiger partial charge in [0.25, 0.3) is 0 Å². The fraction of sp³-hybridized carbons (Fsp3) is 0.368. The fourth-order valence-corrected chi connectivity index (χ4v) is 2.44. The van der Waals surface area contributed by atoms with Gasteiger partial charge in [-0.25, -0.2) is 4.98 Å². The Morgan fingerprint density at radius 2 is 1.90 bits per heavy atom. The molecule has 0 bridgehead atoms. The number of guanidine groups is 1. The molecule has 0 saturated heterocycles. The van der Waals surface area contributed by atoms with E-state index in [0.29, 0.717) is 36.3 Å². The van der Waals surface area contributed by atoms with Crippen molar-refractivity contribution in [2.24, 2.45) is 4.99 Å². The van der Waals surface area contributed by atoms with Crippen LogP contribution in [0.5, 0.6) is 17.4 Å². The van der Waals surface area contributed by atoms with Crippen LogP contribution in [0.3, 0.4) is 0 Å². The maximum Gasteiger partial charge on any atom is 0.387 e. The smallest absolute Gasteiger partial charge is 0.387 e. The van der Waals surface area contributed by atoms with E-state index in [1.807, 2.05) is 19.1 Å². The topological polar surface area (TPSA) is 77.0 Å². The largest absolute Gasteiger partial charge is 0.497 e. The maximum absolute atomic E-state index is 12.6. The van der Waals surface area contributed by atoms with Crippen LogP contribution in [0.4, 0.5) is 8.78 Å². The summed E-state index contributed by atoms with van der Waals surface area (Å²) in [5, 5.41) is 6.21. The van der Waals surface area contributed by atoms with Crippen molar-refractivity contribution in [2.45, 2.75) is 26.6 Å². The highest BCUT2D eigenvalue weighted by Crippen LogP contribution is 2.25. The first-order valence-corrected chi connectivity index (χ1v) is 8.70. The number of aliphatic imine (C=N–C) groups is 1. The summed E-state index contributed by atoms with van der Waals surface area (Å²) in [6.45, 7) is 0.137. The number of nitrogens with one attached hydrogen (secondary N) is 2. The van der Waals surface area contributed by atoms with Gasteiger partial charge < -0.3 is 24.8 Å². The molecule has 0 spiro atoms. The van der Waals surface area contributed by atoms with Gasteiger partial charge in [-0.1, -0.05) is 6.07 Å². The van der Waals surface area contributed by atoms with E-state index in [1.54, 1.807) is 25.4 Å². The highest BCUT2D eigenvalue weighted by atomic mass is 127. The lowest BCUT2D eigenvalue weighted by Crippen LogP contribution is -2.36. The lowest BCUT2D eigenvalue weighted by Gasteiger charge is -2.16. The van der Waals surface area contributed by atoms with E-state index in [1.165, 1.54) is 13.2 Å². The summed E-state index contributed by atoms with van der Waals surface area (Å²) in [5.41, 5.74) is 1.38. The number of rotatable bonds is 9. The number of nitrogens with zero attached hydrogens (tertiary/aromatic N) is 2. The highest BCUT2D eigenvalue weighted by molar-refractivity contribution is 14.0. The molecule has 0 aliphatic carbocycles. The van der Waals surface area contributed by atoms with E-state index >= 15 is 0 Å². The van der Waals surface area contributed by atoms with Crippen LogP contribution in [0, 0.1) is 0 Å². The van der Waals surface area contributed by atoms with E-state index in [0.717, 1.165) is 5.56 Å². The Morgan fingerprint density at radius 1 is 1.17 bits per heavy atom. The molecule has 1 aromatic heterocycles. The van der Waals surface area contributed by atoms with Crippen LogP contribution in [0.2, 0.25) is 0 Å². The molecule has 7 nitrogen and oxygen atoms in total. The number of ether oxygens (including phenoxy) is 3. The van der Waals surface area contributed by atoms with Crippen molar-refractivity contribution in [1.82, 2.24) is 15.6 Å². The molecule has 29 heavy (non-hydrogen) atoms. The van der Waals surface area contributed by atoms with Gasteiger partial charge in [0.2, 0.25) is 5.88 Å². The number of hydrogen-bond acceptors (Lipinski definition) is 5. The zero-order valence-corrected chi connectivity index (χ0v) is 18.8. The predicted octanol–water partition coefficient (Wildman–Crippen LogP) is 3.57. The third-order valence-corrected chi connectivity index (χ3v) is 3.73. The second-order valence-electron chi connectivity index (χ2n) is 5.53. The summed E-state index contributed by atoms with van der Waals surface area (Å²) in [6, 6.07) is 8.36. The average Bonchev–Trinajstić information content (AvgIpc) is 2.70. The summed E-state index contributed by atoms with van der Waals surface area (Å²) in [6.07, 6.45) is 1.66. The number of halogens is 3. The molecule has 1 heterocycles. The molecule has 0 amide bonds. The van der Waals surface area contributed by atoms with Crippen molar-refractivity contribution in [2.75, 3.05) is 20.8 Å². The van der Waals surface area contributed by atoms with E-state index in [-0.39, 0.29) is 36.3 Å². The van der Waals surface area contributed by atoms with Crippen molar-refractivity contribution in [3.8, 4) is 17.4 Å². The van der Waals surface area contributed by atoms with Crippen molar-refractivity contribution in [1.29, 1.82) is 0 Å². The average molecular weight is 522 g/mol. The molecular weight excluding hydrogens is 497 g/mol. The number of methoxy groups -OCH3 is 1. The number of hydrogen-bond donors (Lipinski definition) is 2. The first kappa shape index (κ1) is 24.7. The number of aromatic nitrogens is 1. The molecule has 0 atom stereocenters. The molecule has 0 fully saturated rings. The number of pyridine rings is 1. The van der Waals surface area contributed by atoms with E-state index in [4.69, 9.17) is 9.47 Å². The van der Waals surface area contributed by atoms with Gasteiger partial charge in [-0.3, -0.25) is 4.99 Å². The van der Waals surface area contributed by atoms with Crippen molar-refractivity contribution in [3.05, 3.63) is 47.7 Å². The molecule has 0 saturated carbocycles. The minimum absolute atomic E-state index is 0. The molecule has 1 aromatic carbocycles. The van der Waals surface area contributed by atoms with E-state index in [9.17, 15) is 8.78 Å². The molecule has 160 valence electrons. The molecule has 2 rings (SSSR count). The Morgan fingerprint density at radius 3 is 2.52 bits per heavy atom. The Bertz CT molecular complexity index is 794. The van der Waals surface area contributed by atoms with Crippen LogP contribution < -0.4 is 24.8 Å². The molecule has 0 radical (unpaired) electrons. The van der Waals surface area contributed by atoms with Crippen molar-refractivity contribution >= 4 is 29.9 Å². The van der Waals surface area contributed by atoms with Gasteiger partial charge >= 0.3 is 6.61 Å². The zero-order valence-electron chi connectivity index (χ0n) is 16.4. The van der Waals surface area contributed by atoms with Crippen LogP contribution >= 0.6 is 24.0 Å². The normalized spacial score (nSPS) is 10.9. The quantitative estimate of drug-likeness (QED) is 0.298. The Hall–Kier alpha value is -2.37. The summed E-state index contributed by atoms with van der Waals surface area (Å²) in [7, 11) is 3.12. The maximum atomic E-state index is 12.6. The second kappa shape index (κ2) is 13.0. The fourth-order valence-electron chi connectivity index (χ4n) is 2.44. The molecular formula is C19H25F2IN4O3. The summed E-state index contributed by atoms with van der Waals surface area (Å²) < 4.78 is 40.5. The van der Waals surface area contributed by atoms with Gasteiger partial charge in [0.1, 0.15) is 11.5 Å². The van der Waals surface area contributed by atoms with Gasteiger partial charge in [-0.05, 0) is 31.2 Å². The van der Waals surface area contributed by atoms with Crippen LogP contribution in [-0.2, 0) is 13.1 Å². The SMILES string of the molecule is CCOc1ncccc1CNC(=NC)NCc1cc(OC)ccc1OC(F)F.I. The summed E-state index contributed by atoms with van der Waals surface area (Å²) in [4.78, 5) is 8.34. The summed E-state index contributed by atoms with van der Waals surface area (Å²) in [5.74, 6) is 1.65. The van der Waals surface area contributed by atoms with Crippen LogP contribution in [0.15, 0.2) is 41.5 Å². The third kappa shape index (κ3) is 7.87. The predicted molar refractivity (Wildman–Crippen MR) is 117 cm³/mol. The first-order chi connectivity index (χ1) is 13.6. The van der Waals surface area contributed by atoms with Gasteiger partial charge in [0.05, 0.1) is 13.7 Å². The zero-order chi connectivity index (χ0) is 20.4. The molecule has 2 N–H and O–H groups in total. The molecule has 0 aliphatic heterocycles. The van der Waals surface area contributed by atoms with E-state index in [2.05, 4.69) is 25.3 Å². The minimum Gasteiger partial charge on any atom is -0.497 e. The Labute approximate surface area is 185 Å². The standard InChI is InChI=1S/C19H24F2N4O3.HI/c1-4-27-17-13(6-5-9-23-17)11-24-19(22-2)25-12-14-10-15(26-3)7-8-16(14)28-18(20)21;/h5-10,18H,4,11-12H2,1-3H3,(H2,22,24,25);1H. The van der Waals surface area contributed by atoms with Crippen LogP contribution in [0.25, 0.3) is 0 Å². The van der Waals surface area contributed by atoms with Crippen molar-refractivity contribution in [3.63, 3.8) is 0 Å². The van der Waals surface area contributed by atoms with Gasteiger partial charge in [-0.2, -0.15) is 8.78 Å². The lowest BCUT2D eigenvalue weighted by atomic mass is 10.2. The monoisotopic (exact) mass is 522 g/mol. The molecule has 10 heteroatoms. The van der Waals surface area contributed by atoms with Gasteiger partial charge in [-0.15, -0.1) is 24.0 Å². The lowest BCUT2D eigenvalue weighted by molar-refractivity contribution is -0.0504. The van der Waals surface area contributed by atoms with Crippen molar-refractivity contribution < 1.29 is 23.0 Å². The van der Waals surface area contributed by atoms with Crippen LogP contribution in [-0.4, -0.2) is 38.3 Å². The third-order valence-electron chi connectivity index (χ3n) is 3.73. The second-order valence-corrected chi connectivity index (χ2v) is 5.53. The molecule has 2 aromatic rings. The Balaban J connectivity index is 0.00000420.